The topological polar surface area (TPSA) is 146 Å². The molecule has 10 heteroatoms. The summed E-state index contributed by atoms with van der Waals surface area (Å²) < 4.78 is 17.5. The molecule has 0 rings (SSSR count). The van der Waals surface area contributed by atoms with E-state index < -0.39 is 50.3 Å². The Morgan fingerprint density at radius 1 is 0.600 bits per heavy atom. The summed E-state index contributed by atoms with van der Waals surface area (Å²) in [6, 6.07) is 0. The van der Waals surface area contributed by atoms with E-state index in [0.29, 0.717) is 0 Å². The maximum atomic E-state index is 11.0. The minimum Gasteiger partial charge on any atom is -0.460 e. The molecule has 0 heterocycles. The summed E-state index contributed by atoms with van der Waals surface area (Å²) in [4.78, 5) is 42.9. The Balaban J connectivity index is 3.59. The first-order chi connectivity index (χ1) is 9.49. The van der Waals surface area contributed by atoms with E-state index in [1.165, 1.54) is 0 Å². The molecular weight excluding hydrogens is 280 g/mol. The van der Waals surface area contributed by atoms with Crippen LogP contribution in [0.2, 0.25) is 0 Å². The van der Waals surface area contributed by atoms with E-state index in [0.717, 1.165) is 0 Å². The summed E-state index contributed by atoms with van der Waals surface area (Å²) >= 11 is 0. The van der Waals surface area contributed by atoms with E-state index in [1.54, 1.807) is 0 Å². The number of hydrogen-bond donors (Lipinski definition) is 2. The van der Waals surface area contributed by atoms with Crippen LogP contribution in [-0.4, -0.2) is 73.7 Å². The Labute approximate surface area is 113 Å². The molecule has 0 fully saturated rings. The highest BCUT2D eigenvalue weighted by Crippen LogP contribution is 1.87. The lowest BCUT2D eigenvalue weighted by Gasteiger charge is -2.06. The summed E-state index contributed by atoms with van der Waals surface area (Å²) in [5, 5.41) is 16.6. The van der Waals surface area contributed by atoms with Gasteiger partial charge in [0.1, 0.15) is 26.4 Å². The fraction of sp³-hybridized carbons (Fsp3) is 0.600. The Morgan fingerprint density at radius 2 is 0.950 bits per heavy atom. The average molecular weight is 294 g/mol. The molecule has 0 atom stereocenters. The first-order valence-electron chi connectivity index (χ1n) is 5.33. The number of esters is 4. The first-order valence-corrected chi connectivity index (χ1v) is 5.33. The molecule has 0 aromatic carbocycles. The van der Waals surface area contributed by atoms with Crippen LogP contribution < -0.4 is 0 Å². The van der Waals surface area contributed by atoms with Crippen molar-refractivity contribution in [2.24, 2.45) is 0 Å². The molecular formula is C10H14O10. The summed E-state index contributed by atoms with van der Waals surface area (Å²) in [5.41, 5.74) is 0. The summed E-state index contributed by atoms with van der Waals surface area (Å²) in [6.45, 7) is -3.60. The standard InChI is InChI=1S/C10H14O10/c11-3-7(13)17-1-2-18-9(15)5-20-10(16)6-19-8(14)4-12/h11-12H,1-6H2. The summed E-state index contributed by atoms with van der Waals surface area (Å²) in [6.07, 6.45) is 0. The van der Waals surface area contributed by atoms with Gasteiger partial charge in [-0.1, -0.05) is 0 Å². The molecule has 0 saturated carbocycles. The van der Waals surface area contributed by atoms with Crippen LogP contribution in [0.1, 0.15) is 0 Å². The molecule has 2 N–H and O–H groups in total. The number of ether oxygens (including phenoxy) is 4. The van der Waals surface area contributed by atoms with Gasteiger partial charge >= 0.3 is 23.9 Å². The van der Waals surface area contributed by atoms with E-state index in [2.05, 4.69) is 18.9 Å². The zero-order valence-corrected chi connectivity index (χ0v) is 10.4. The quantitative estimate of drug-likeness (QED) is 0.258. The molecule has 0 aromatic heterocycles. The van der Waals surface area contributed by atoms with Crippen molar-refractivity contribution in [1.82, 2.24) is 0 Å². The van der Waals surface area contributed by atoms with Crippen LogP contribution >= 0.6 is 0 Å². The molecule has 10 nitrogen and oxygen atoms in total. The highest BCUT2D eigenvalue weighted by atomic mass is 16.6. The van der Waals surface area contributed by atoms with E-state index in [4.69, 9.17) is 10.2 Å². The lowest BCUT2D eigenvalue weighted by atomic mass is 10.6. The molecule has 0 aliphatic carbocycles. The molecule has 0 saturated heterocycles. The predicted octanol–water partition coefficient (Wildman–Crippen LogP) is -2.86. The molecule has 114 valence electrons. The maximum absolute atomic E-state index is 11.0. The Bertz CT molecular complexity index is 350. The van der Waals surface area contributed by atoms with Crippen LogP contribution in [0.25, 0.3) is 0 Å². The second-order valence-corrected chi connectivity index (χ2v) is 3.08. The smallest absolute Gasteiger partial charge is 0.344 e. The van der Waals surface area contributed by atoms with Crippen LogP contribution in [0.3, 0.4) is 0 Å². The molecule has 0 amide bonds. The van der Waals surface area contributed by atoms with Crippen molar-refractivity contribution in [2.75, 3.05) is 39.6 Å². The van der Waals surface area contributed by atoms with E-state index >= 15 is 0 Å². The van der Waals surface area contributed by atoms with Gasteiger partial charge in [-0.2, -0.15) is 0 Å². The van der Waals surface area contributed by atoms with E-state index in [1.807, 2.05) is 0 Å². The number of hydrogen-bond acceptors (Lipinski definition) is 10. The number of rotatable bonds is 9. The van der Waals surface area contributed by atoms with Gasteiger partial charge in [-0.3, -0.25) is 0 Å². The van der Waals surface area contributed by atoms with Gasteiger partial charge in [-0.15, -0.1) is 0 Å². The minimum atomic E-state index is -1.00. The van der Waals surface area contributed by atoms with Crippen molar-refractivity contribution in [3.05, 3.63) is 0 Å². The average Bonchev–Trinajstić information content (AvgIpc) is 2.46. The Morgan fingerprint density at radius 3 is 1.45 bits per heavy atom. The Kier molecular flexibility index (Phi) is 9.52. The molecule has 0 aliphatic heterocycles. The first kappa shape index (κ1) is 17.8. The van der Waals surface area contributed by atoms with Gasteiger partial charge in [0.15, 0.2) is 13.2 Å². The second kappa shape index (κ2) is 10.7. The van der Waals surface area contributed by atoms with Crippen molar-refractivity contribution >= 4 is 23.9 Å². The van der Waals surface area contributed by atoms with Crippen LogP contribution in [0.4, 0.5) is 0 Å². The fourth-order valence-corrected chi connectivity index (χ4v) is 0.764. The zero-order valence-electron chi connectivity index (χ0n) is 10.4. The van der Waals surface area contributed by atoms with Gasteiger partial charge in [0.05, 0.1) is 0 Å². The van der Waals surface area contributed by atoms with Crippen molar-refractivity contribution in [2.45, 2.75) is 0 Å². The van der Waals surface area contributed by atoms with Gasteiger partial charge in [-0.05, 0) is 0 Å². The number of aliphatic hydroxyl groups is 2. The molecule has 20 heavy (non-hydrogen) atoms. The number of carbonyl (C=O) groups excluding carboxylic acids is 4. The SMILES string of the molecule is O=C(CO)OCCOC(=O)COC(=O)COC(=O)CO. The lowest BCUT2D eigenvalue weighted by Crippen LogP contribution is -2.23. The third-order valence-corrected chi connectivity index (χ3v) is 1.57. The number of carbonyl (C=O) groups is 4. The van der Waals surface area contributed by atoms with Gasteiger partial charge in [0.25, 0.3) is 0 Å². The maximum Gasteiger partial charge on any atom is 0.344 e. The van der Waals surface area contributed by atoms with Gasteiger partial charge < -0.3 is 29.2 Å². The molecule has 0 aliphatic rings. The molecule has 0 aromatic rings. The van der Waals surface area contributed by atoms with E-state index in [9.17, 15) is 19.2 Å². The normalized spacial score (nSPS) is 9.50. The predicted molar refractivity (Wildman–Crippen MR) is 58.0 cm³/mol. The van der Waals surface area contributed by atoms with Crippen LogP contribution in [0.5, 0.6) is 0 Å². The summed E-state index contributed by atoms with van der Waals surface area (Å²) in [5.74, 6) is -3.75. The van der Waals surface area contributed by atoms with Gasteiger partial charge in [0, 0.05) is 0 Å². The minimum absolute atomic E-state index is 0.243. The molecule has 0 bridgehead atoms. The highest BCUT2D eigenvalue weighted by Gasteiger charge is 2.11. The van der Waals surface area contributed by atoms with Gasteiger partial charge in [-0.25, -0.2) is 19.2 Å². The molecule has 0 spiro atoms. The van der Waals surface area contributed by atoms with Crippen molar-refractivity contribution in [3.8, 4) is 0 Å². The number of aliphatic hydroxyl groups excluding tert-OH is 2. The monoisotopic (exact) mass is 294 g/mol. The summed E-state index contributed by atoms with van der Waals surface area (Å²) in [7, 11) is 0. The highest BCUT2D eigenvalue weighted by molar-refractivity contribution is 5.79. The third-order valence-electron chi connectivity index (χ3n) is 1.57. The van der Waals surface area contributed by atoms with Crippen LogP contribution in [-0.2, 0) is 38.1 Å². The second-order valence-electron chi connectivity index (χ2n) is 3.08. The molecule has 0 radical (unpaired) electrons. The fourth-order valence-electron chi connectivity index (χ4n) is 0.764. The van der Waals surface area contributed by atoms with Crippen molar-refractivity contribution < 1.29 is 48.3 Å². The van der Waals surface area contributed by atoms with Crippen molar-refractivity contribution in [3.63, 3.8) is 0 Å². The van der Waals surface area contributed by atoms with Crippen molar-refractivity contribution in [1.29, 1.82) is 0 Å². The largest absolute Gasteiger partial charge is 0.460 e. The zero-order chi connectivity index (χ0) is 15.4. The van der Waals surface area contributed by atoms with Crippen LogP contribution in [0, 0.1) is 0 Å². The lowest BCUT2D eigenvalue weighted by molar-refractivity contribution is -0.166. The van der Waals surface area contributed by atoms with Crippen LogP contribution in [0.15, 0.2) is 0 Å². The van der Waals surface area contributed by atoms with Gasteiger partial charge in [0.2, 0.25) is 0 Å². The molecule has 0 unspecified atom stereocenters. The third kappa shape index (κ3) is 9.79. The van der Waals surface area contributed by atoms with E-state index in [-0.39, 0.29) is 13.2 Å². The Hall–Kier alpha value is -2.20.